The van der Waals surface area contributed by atoms with E-state index < -0.39 is 0 Å². The third-order valence-corrected chi connectivity index (χ3v) is 7.24. The number of rotatable bonds is 7. The van der Waals surface area contributed by atoms with E-state index in [0.29, 0.717) is 12.6 Å². The average Bonchev–Trinajstić information content (AvgIpc) is 3.42. The molecule has 2 heterocycles. The molecule has 1 aliphatic rings. The summed E-state index contributed by atoms with van der Waals surface area (Å²) in [6, 6.07) is 6.85. The van der Waals surface area contributed by atoms with Crippen molar-refractivity contribution in [3.63, 3.8) is 0 Å². The number of nitrogens with zero attached hydrogens (tertiary/aromatic N) is 4. The second kappa shape index (κ2) is 8.54. The normalized spacial score (nSPS) is 16.3. The predicted molar refractivity (Wildman–Crippen MR) is 122 cm³/mol. The third kappa shape index (κ3) is 4.42. The Kier molecular flexibility index (Phi) is 5.97. The van der Waals surface area contributed by atoms with Crippen LogP contribution in [0.3, 0.4) is 0 Å². The van der Waals surface area contributed by atoms with Crippen LogP contribution in [-0.2, 0) is 18.6 Å². The first kappa shape index (κ1) is 21.7. The molecule has 1 unspecified atom stereocenters. The first-order valence-corrected chi connectivity index (χ1v) is 11.5. The zero-order valence-electron chi connectivity index (χ0n) is 19.5. The van der Waals surface area contributed by atoms with Crippen LogP contribution in [-0.4, -0.2) is 31.2 Å². The van der Waals surface area contributed by atoms with E-state index in [1.54, 1.807) is 0 Å². The Hall–Kier alpha value is -2.54. The molecule has 1 fully saturated rings. The molecule has 3 aromatic rings. The third-order valence-electron chi connectivity index (χ3n) is 7.24. The van der Waals surface area contributed by atoms with Crippen LogP contribution in [0.5, 0.6) is 0 Å². The molecular formula is C24H35N6O+. The SMILES string of the molecule is CCC(C)(C)n1nnnc1C[NH+](Cc1cc2cc(C)c(C)cc2[nH]c1=O)C1CCCC1. The van der Waals surface area contributed by atoms with E-state index in [-0.39, 0.29) is 11.1 Å². The molecule has 7 heteroatoms. The van der Waals surface area contributed by atoms with Gasteiger partial charge in [-0.3, -0.25) is 4.79 Å². The summed E-state index contributed by atoms with van der Waals surface area (Å²) < 4.78 is 1.97. The monoisotopic (exact) mass is 423 g/mol. The largest absolute Gasteiger partial charge is 0.322 e. The Morgan fingerprint density at radius 2 is 1.84 bits per heavy atom. The number of benzene rings is 1. The quantitative estimate of drug-likeness (QED) is 0.612. The fourth-order valence-electron chi connectivity index (χ4n) is 4.72. The highest BCUT2D eigenvalue weighted by Gasteiger charge is 2.31. The van der Waals surface area contributed by atoms with E-state index in [1.807, 2.05) is 4.68 Å². The van der Waals surface area contributed by atoms with Crippen molar-refractivity contribution in [1.29, 1.82) is 0 Å². The number of quaternary nitrogens is 1. The molecule has 0 bridgehead atoms. The summed E-state index contributed by atoms with van der Waals surface area (Å²) in [7, 11) is 0. The number of fused-ring (bicyclic) bond motifs is 1. The summed E-state index contributed by atoms with van der Waals surface area (Å²) >= 11 is 0. The molecule has 2 aromatic heterocycles. The summed E-state index contributed by atoms with van der Waals surface area (Å²) in [6.07, 6.45) is 5.85. The lowest BCUT2D eigenvalue weighted by Gasteiger charge is -2.28. The summed E-state index contributed by atoms with van der Waals surface area (Å²) in [5.74, 6) is 0.900. The summed E-state index contributed by atoms with van der Waals surface area (Å²) in [5.41, 5.74) is 4.07. The molecule has 166 valence electrons. The summed E-state index contributed by atoms with van der Waals surface area (Å²) in [4.78, 5) is 17.4. The molecular weight excluding hydrogens is 388 g/mol. The number of aryl methyl sites for hydroxylation is 2. The number of H-pyrrole nitrogens is 1. The molecule has 1 aliphatic carbocycles. The van der Waals surface area contributed by atoms with Crippen molar-refractivity contribution in [2.75, 3.05) is 0 Å². The molecule has 7 nitrogen and oxygen atoms in total. The minimum absolute atomic E-state index is 0.0136. The molecule has 0 saturated heterocycles. The maximum Gasteiger partial charge on any atom is 0.257 e. The molecule has 0 radical (unpaired) electrons. The Bertz CT molecular complexity index is 1120. The van der Waals surface area contributed by atoms with Crippen molar-refractivity contribution in [2.24, 2.45) is 0 Å². The van der Waals surface area contributed by atoms with Crippen molar-refractivity contribution >= 4 is 10.9 Å². The van der Waals surface area contributed by atoms with Crippen molar-refractivity contribution < 1.29 is 4.90 Å². The lowest BCUT2D eigenvalue weighted by molar-refractivity contribution is -0.952. The number of nitrogens with one attached hydrogen (secondary N) is 2. The Balaban J connectivity index is 1.67. The molecule has 0 aliphatic heterocycles. The van der Waals surface area contributed by atoms with Crippen LogP contribution < -0.4 is 10.5 Å². The smallest absolute Gasteiger partial charge is 0.257 e. The molecule has 0 amide bonds. The zero-order valence-corrected chi connectivity index (χ0v) is 19.5. The Morgan fingerprint density at radius 1 is 1.13 bits per heavy atom. The van der Waals surface area contributed by atoms with Crippen molar-refractivity contribution in [1.82, 2.24) is 25.2 Å². The fourth-order valence-corrected chi connectivity index (χ4v) is 4.72. The summed E-state index contributed by atoms with van der Waals surface area (Å²) in [5, 5.41) is 13.7. The topological polar surface area (TPSA) is 80.9 Å². The molecule has 1 atom stereocenters. The minimum atomic E-state index is -0.130. The Labute approximate surface area is 183 Å². The molecule has 2 N–H and O–H groups in total. The highest BCUT2D eigenvalue weighted by molar-refractivity contribution is 5.80. The molecule has 31 heavy (non-hydrogen) atoms. The predicted octanol–water partition coefficient (Wildman–Crippen LogP) is 2.80. The van der Waals surface area contributed by atoms with Gasteiger partial charge < -0.3 is 9.88 Å². The van der Waals surface area contributed by atoms with Crippen LogP contribution in [0, 0.1) is 13.8 Å². The van der Waals surface area contributed by atoms with Gasteiger partial charge in [-0.05, 0) is 105 Å². The van der Waals surface area contributed by atoms with Crippen LogP contribution in [0.4, 0.5) is 0 Å². The lowest BCUT2D eigenvalue weighted by atomic mass is 10.0. The lowest BCUT2D eigenvalue weighted by Crippen LogP contribution is -3.13. The van der Waals surface area contributed by atoms with Gasteiger partial charge in [-0.15, -0.1) is 5.10 Å². The van der Waals surface area contributed by atoms with Gasteiger partial charge in [0.15, 0.2) is 0 Å². The van der Waals surface area contributed by atoms with Gasteiger partial charge in [-0.25, -0.2) is 4.68 Å². The van der Waals surface area contributed by atoms with Gasteiger partial charge in [-0.1, -0.05) is 6.92 Å². The second-order valence-corrected chi connectivity index (χ2v) is 9.81. The first-order valence-electron chi connectivity index (χ1n) is 11.5. The standard InChI is InChI=1S/C24H34N6O/c1-6-24(4,5)30-22(26-27-28-30)15-29(20-9-7-8-10-20)14-19-13-18-11-16(2)17(3)12-21(18)25-23(19)31/h11-13,20H,6-10,14-15H2,1-5H3,(H,25,31)/p+1. The fraction of sp³-hybridized carbons (Fsp3) is 0.583. The van der Waals surface area contributed by atoms with Crippen LogP contribution in [0.15, 0.2) is 23.0 Å². The van der Waals surface area contributed by atoms with Gasteiger partial charge in [0.1, 0.15) is 13.1 Å². The van der Waals surface area contributed by atoms with Gasteiger partial charge in [0.2, 0.25) is 5.82 Å². The van der Waals surface area contributed by atoms with Crippen LogP contribution >= 0.6 is 0 Å². The maximum atomic E-state index is 12.9. The number of hydrogen-bond donors (Lipinski definition) is 2. The van der Waals surface area contributed by atoms with E-state index >= 15 is 0 Å². The molecule has 0 spiro atoms. The van der Waals surface area contributed by atoms with E-state index in [0.717, 1.165) is 35.3 Å². The van der Waals surface area contributed by atoms with Gasteiger partial charge in [0.05, 0.1) is 17.1 Å². The average molecular weight is 424 g/mol. The van der Waals surface area contributed by atoms with Crippen LogP contribution in [0.25, 0.3) is 10.9 Å². The van der Waals surface area contributed by atoms with Crippen molar-refractivity contribution in [3.05, 3.63) is 51.1 Å². The van der Waals surface area contributed by atoms with E-state index in [1.165, 1.54) is 41.7 Å². The van der Waals surface area contributed by atoms with Crippen molar-refractivity contribution in [2.45, 2.75) is 91.4 Å². The second-order valence-electron chi connectivity index (χ2n) is 9.81. The van der Waals surface area contributed by atoms with Crippen LogP contribution in [0.1, 0.15) is 75.4 Å². The van der Waals surface area contributed by atoms with E-state index in [2.05, 4.69) is 73.3 Å². The number of hydrogen-bond acceptors (Lipinski definition) is 4. The highest BCUT2D eigenvalue weighted by atomic mass is 16.1. The first-order chi connectivity index (χ1) is 14.8. The maximum absolute atomic E-state index is 12.9. The van der Waals surface area contributed by atoms with Crippen LogP contribution in [0.2, 0.25) is 0 Å². The Morgan fingerprint density at radius 3 is 2.55 bits per heavy atom. The molecule has 1 aromatic carbocycles. The van der Waals surface area contributed by atoms with E-state index in [4.69, 9.17) is 0 Å². The summed E-state index contributed by atoms with van der Waals surface area (Å²) in [6.45, 7) is 12.1. The van der Waals surface area contributed by atoms with Gasteiger partial charge in [-0.2, -0.15) is 0 Å². The molecule has 1 saturated carbocycles. The zero-order chi connectivity index (χ0) is 22.2. The van der Waals surface area contributed by atoms with Gasteiger partial charge in [0.25, 0.3) is 5.56 Å². The molecule has 4 rings (SSSR count). The van der Waals surface area contributed by atoms with Gasteiger partial charge in [0, 0.05) is 5.52 Å². The highest BCUT2D eigenvalue weighted by Crippen LogP contribution is 2.20. The van der Waals surface area contributed by atoms with Gasteiger partial charge >= 0.3 is 0 Å². The number of aromatic amines is 1. The van der Waals surface area contributed by atoms with E-state index in [9.17, 15) is 4.79 Å². The number of pyridine rings is 1. The number of aromatic nitrogens is 5. The van der Waals surface area contributed by atoms with Crippen molar-refractivity contribution in [3.8, 4) is 0 Å². The number of tetrazole rings is 1. The minimum Gasteiger partial charge on any atom is -0.322 e.